The minimum Gasteiger partial charge on any atom is -0.394 e. The van der Waals surface area contributed by atoms with E-state index in [2.05, 4.69) is 20.6 Å². The summed E-state index contributed by atoms with van der Waals surface area (Å²) in [6, 6.07) is 9.95. The van der Waals surface area contributed by atoms with Crippen LogP contribution < -0.4 is 10.6 Å². The molecule has 0 spiro atoms. The van der Waals surface area contributed by atoms with Gasteiger partial charge in [0.05, 0.1) is 29.4 Å². The van der Waals surface area contributed by atoms with Gasteiger partial charge in [-0.25, -0.2) is 4.98 Å². The lowest BCUT2D eigenvalue weighted by Gasteiger charge is -2.16. The van der Waals surface area contributed by atoms with E-state index in [9.17, 15) is 27.9 Å². The molecule has 0 unspecified atom stereocenters. The Hall–Kier alpha value is -3.53. The summed E-state index contributed by atoms with van der Waals surface area (Å²) in [6.07, 6.45) is -3.19. The van der Waals surface area contributed by atoms with Crippen LogP contribution in [-0.2, 0) is 17.5 Å². The van der Waals surface area contributed by atoms with Crippen LogP contribution in [0.3, 0.4) is 0 Å². The number of rotatable bonds is 6. The van der Waals surface area contributed by atoms with E-state index >= 15 is 0 Å². The maximum absolute atomic E-state index is 12.6. The predicted molar refractivity (Wildman–Crippen MR) is 101 cm³/mol. The first-order valence-corrected chi connectivity index (χ1v) is 8.85. The van der Waals surface area contributed by atoms with E-state index in [0.717, 1.165) is 12.1 Å². The van der Waals surface area contributed by atoms with Crippen molar-refractivity contribution < 1.29 is 27.9 Å². The highest BCUT2D eigenvalue weighted by Crippen LogP contribution is 2.29. The summed E-state index contributed by atoms with van der Waals surface area (Å²) in [7, 11) is 0. The van der Waals surface area contributed by atoms with Gasteiger partial charge in [-0.15, -0.1) is 0 Å². The Morgan fingerprint density at radius 2 is 1.70 bits per heavy atom. The predicted octanol–water partition coefficient (Wildman–Crippen LogP) is 2.06. The number of hydrogen-bond acceptors (Lipinski definition) is 5. The van der Waals surface area contributed by atoms with E-state index < -0.39 is 36.2 Å². The van der Waals surface area contributed by atoms with Crippen LogP contribution in [0, 0.1) is 0 Å². The molecule has 1 heterocycles. The summed E-state index contributed by atoms with van der Waals surface area (Å²) >= 11 is 0. The Labute approximate surface area is 169 Å². The molecule has 0 aliphatic rings. The van der Waals surface area contributed by atoms with Crippen LogP contribution in [0.2, 0.25) is 0 Å². The molecule has 0 aliphatic heterocycles. The van der Waals surface area contributed by atoms with E-state index in [-0.39, 0.29) is 12.2 Å². The minimum absolute atomic E-state index is 0.0253. The molecule has 156 valence electrons. The topological polar surface area (TPSA) is 104 Å². The SMILES string of the molecule is O=C(N[C@@H](CO)C(=O)NCc1ccc(C(F)(F)F)cc1)c1cnc2ccccc2n1. The Balaban J connectivity index is 1.60. The van der Waals surface area contributed by atoms with E-state index in [4.69, 9.17) is 0 Å². The molecule has 0 saturated heterocycles. The molecular formula is C20H17F3N4O3. The maximum Gasteiger partial charge on any atom is 0.416 e. The molecule has 2 aromatic carbocycles. The molecule has 1 aromatic heterocycles. The zero-order valence-electron chi connectivity index (χ0n) is 15.5. The number of nitrogens with one attached hydrogen (secondary N) is 2. The Kier molecular flexibility index (Phi) is 6.26. The highest BCUT2D eigenvalue weighted by Gasteiger charge is 2.30. The highest BCUT2D eigenvalue weighted by atomic mass is 19.4. The Morgan fingerprint density at radius 1 is 1.03 bits per heavy atom. The van der Waals surface area contributed by atoms with Crippen LogP contribution in [0.4, 0.5) is 13.2 Å². The van der Waals surface area contributed by atoms with Gasteiger partial charge in [-0.3, -0.25) is 14.6 Å². The van der Waals surface area contributed by atoms with Crippen molar-refractivity contribution in [3.63, 3.8) is 0 Å². The average Bonchev–Trinajstić information content (AvgIpc) is 2.75. The fourth-order valence-electron chi connectivity index (χ4n) is 2.62. The monoisotopic (exact) mass is 418 g/mol. The third-order valence-corrected chi connectivity index (χ3v) is 4.23. The van der Waals surface area contributed by atoms with Crippen molar-refractivity contribution in [3.05, 3.63) is 71.5 Å². The van der Waals surface area contributed by atoms with Gasteiger partial charge in [-0.2, -0.15) is 13.2 Å². The summed E-state index contributed by atoms with van der Waals surface area (Å²) in [4.78, 5) is 32.9. The molecule has 3 rings (SSSR count). The molecule has 2 amide bonds. The van der Waals surface area contributed by atoms with Gasteiger partial charge in [-0.1, -0.05) is 24.3 Å². The highest BCUT2D eigenvalue weighted by molar-refractivity contribution is 5.97. The number of carbonyl (C=O) groups is 2. The number of aromatic nitrogens is 2. The Morgan fingerprint density at radius 3 is 2.33 bits per heavy atom. The largest absolute Gasteiger partial charge is 0.416 e. The van der Waals surface area contributed by atoms with Crippen LogP contribution in [0.25, 0.3) is 11.0 Å². The number of amides is 2. The molecule has 10 heteroatoms. The molecule has 0 radical (unpaired) electrons. The third-order valence-electron chi connectivity index (χ3n) is 4.23. The number of alkyl halides is 3. The van der Waals surface area contributed by atoms with Crippen molar-refractivity contribution >= 4 is 22.8 Å². The second kappa shape index (κ2) is 8.87. The summed E-state index contributed by atoms with van der Waals surface area (Å²) in [5.74, 6) is -1.39. The van der Waals surface area contributed by atoms with Gasteiger partial charge in [0.25, 0.3) is 5.91 Å². The van der Waals surface area contributed by atoms with E-state index in [0.29, 0.717) is 16.6 Å². The lowest BCUT2D eigenvalue weighted by Crippen LogP contribution is -2.48. The molecule has 0 bridgehead atoms. The fourth-order valence-corrected chi connectivity index (χ4v) is 2.62. The summed E-state index contributed by atoms with van der Waals surface area (Å²) < 4.78 is 37.8. The average molecular weight is 418 g/mol. The molecule has 30 heavy (non-hydrogen) atoms. The van der Waals surface area contributed by atoms with Crippen LogP contribution >= 0.6 is 0 Å². The summed E-state index contributed by atoms with van der Waals surface area (Å²) in [5.41, 5.74) is 0.705. The first-order chi connectivity index (χ1) is 14.3. The number of fused-ring (bicyclic) bond motifs is 1. The number of carbonyl (C=O) groups excluding carboxylic acids is 2. The zero-order valence-corrected chi connectivity index (χ0v) is 15.5. The quantitative estimate of drug-likeness (QED) is 0.569. The molecular weight excluding hydrogens is 401 g/mol. The van der Waals surface area contributed by atoms with Gasteiger partial charge >= 0.3 is 6.18 Å². The number of hydrogen-bond donors (Lipinski definition) is 3. The first kappa shape index (κ1) is 21.2. The normalized spacial score (nSPS) is 12.4. The van der Waals surface area contributed by atoms with Gasteiger partial charge in [0.2, 0.25) is 5.91 Å². The van der Waals surface area contributed by atoms with Crippen LogP contribution in [-0.4, -0.2) is 39.5 Å². The van der Waals surface area contributed by atoms with Crippen LogP contribution in [0.15, 0.2) is 54.7 Å². The molecule has 1 atom stereocenters. The molecule has 7 nitrogen and oxygen atoms in total. The fraction of sp³-hybridized carbons (Fsp3) is 0.200. The lowest BCUT2D eigenvalue weighted by molar-refractivity contribution is -0.137. The summed E-state index contributed by atoms with van der Waals surface area (Å²) in [5, 5.41) is 14.3. The molecule has 3 N–H and O–H groups in total. The van der Waals surface area contributed by atoms with E-state index in [1.807, 2.05) is 0 Å². The standard InChI is InChI=1S/C20H17F3N4O3/c21-20(22,23)13-7-5-12(6-8-13)9-25-18(29)17(11-28)27-19(30)16-10-24-14-3-1-2-4-15(14)26-16/h1-8,10,17,28H,9,11H2,(H,25,29)(H,27,30)/t17-/m0/s1. The number of halogens is 3. The minimum atomic E-state index is -4.44. The van der Waals surface area contributed by atoms with E-state index in [1.54, 1.807) is 24.3 Å². The van der Waals surface area contributed by atoms with E-state index in [1.165, 1.54) is 18.3 Å². The van der Waals surface area contributed by atoms with Gasteiger partial charge < -0.3 is 15.7 Å². The number of aliphatic hydroxyl groups excluding tert-OH is 1. The molecule has 3 aromatic rings. The van der Waals surface area contributed by atoms with Crippen molar-refractivity contribution in [2.75, 3.05) is 6.61 Å². The smallest absolute Gasteiger partial charge is 0.394 e. The van der Waals surface area contributed by atoms with Crippen molar-refractivity contribution in [3.8, 4) is 0 Å². The van der Waals surface area contributed by atoms with Crippen LogP contribution in [0.1, 0.15) is 21.6 Å². The van der Waals surface area contributed by atoms with Gasteiger partial charge in [0, 0.05) is 6.54 Å². The molecule has 0 saturated carbocycles. The number of aliphatic hydroxyl groups is 1. The van der Waals surface area contributed by atoms with Gasteiger partial charge in [0.15, 0.2) is 0 Å². The van der Waals surface area contributed by atoms with Crippen LogP contribution in [0.5, 0.6) is 0 Å². The van der Waals surface area contributed by atoms with Crippen molar-refractivity contribution in [2.45, 2.75) is 18.8 Å². The van der Waals surface area contributed by atoms with Crippen molar-refractivity contribution in [2.24, 2.45) is 0 Å². The van der Waals surface area contributed by atoms with Gasteiger partial charge in [0.1, 0.15) is 11.7 Å². The lowest BCUT2D eigenvalue weighted by atomic mass is 10.1. The summed E-state index contributed by atoms with van der Waals surface area (Å²) in [6.45, 7) is -0.745. The van der Waals surface area contributed by atoms with Crippen molar-refractivity contribution in [1.29, 1.82) is 0 Å². The number of benzene rings is 2. The van der Waals surface area contributed by atoms with Crippen molar-refractivity contribution in [1.82, 2.24) is 20.6 Å². The second-order valence-corrected chi connectivity index (χ2v) is 6.37. The van der Waals surface area contributed by atoms with Gasteiger partial charge in [-0.05, 0) is 29.8 Å². The molecule has 0 aliphatic carbocycles. The third kappa shape index (κ3) is 5.09. The maximum atomic E-state index is 12.6. The second-order valence-electron chi connectivity index (χ2n) is 6.37. The number of nitrogens with zero attached hydrogens (tertiary/aromatic N) is 2. The number of para-hydroxylation sites is 2. The Bertz CT molecular complexity index is 1060. The zero-order chi connectivity index (χ0) is 21.7. The molecule has 0 fully saturated rings. The first-order valence-electron chi connectivity index (χ1n) is 8.85.